The maximum atomic E-state index is 13.4. The standard InChI is InChI=1S/C10H14FNO3S/c1-16(14,15)10-3-2-7(6-8(10)11)9(13)4-5-12/h2-3,6,9,13H,4-5,12H2,1H3. The molecule has 0 saturated carbocycles. The Morgan fingerprint density at radius 1 is 1.50 bits per heavy atom. The number of benzene rings is 1. The summed E-state index contributed by atoms with van der Waals surface area (Å²) in [6.07, 6.45) is 0.368. The Balaban J connectivity index is 3.09. The third-order valence-corrected chi connectivity index (χ3v) is 3.31. The Bertz CT molecular complexity index is 473. The smallest absolute Gasteiger partial charge is 0.178 e. The van der Waals surface area contributed by atoms with Crippen LogP contribution < -0.4 is 5.73 Å². The van der Waals surface area contributed by atoms with Crippen LogP contribution in [0, 0.1) is 5.82 Å². The summed E-state index contributed by atoms with van der Waals surface area (Å²) in [6.45, 7) is 0.274. The Morgan fingerprint density at radius 3 is 2.56 bits per heavy atom. The molecule has 0 aliphatic rings. The van der Waals surface area contributed by atoms with E-state index in [9.17, 15) is 17.9 Å². The summed E-state index contributed by atoms with van der Waals surface area (Å²) in [4.78, 5) is -0.365. The number of rotatable bonds is 4. The molecule has 0 spiro atoms. The average molecular weight is 247 g/mol. The summed E-state index contributed by atoms with van der Waals surface area (Å²) in [5, 5.41) is 9.54. The Labute approximate surface area is 93.8 Å². The monoisotopic (exact) mass is 247 g/mol. The van der Waals surface area contributed by atoms with Crippen molar-refractivity contribution in [1.82, 2.24) is 0 Å². The molecule has 1 aromatic rings. The fourth-order valence-corrected chi connectivity index (χ4v) is 2.08. The quantitative estimate of drug-likeness (QED) is 0.817. The summed E-state index contributed by atoms with van der Waals surface area (Å²) in [6, 6.07) is 3.57. The van der Waals surface area contributed by atoms with Gasteiger partial charge >= 0.3 is 0 Å². The summed E-state index contributed by atoms with van der Waals surface area (Å²) >= 11 is 0. The molecule has 0 radical (unpaired) electrons. The lowest BCUT2D eigenvalue weighted by Gasteiger charge is -2.10. The number of hydrogen-bond donors (Lipinski definition) is 2. The Kier molecular flexibility index (Phi) is 4.01. The lowest BCUT2D eigenvalue weighted by atomic mass is 10.1. The molecule has 1 unspecified atom stereocenters. The van der Waals surface area contributed by atoms with E-state index in [0.29, 0.717) is 12.0 Å². The normalized spacial score (nSPS) is 13.8. The van der Waals surface area contributed by atoms with Crippen LogP contribution >= 0.6 is 0 Å². The molecule has 3 N–H and O–H groups in total. The molecule has 16 heavy (non-hydrogen) atoms. The van der Waals surface area contributed by atoms with Crippen LogP contribution in [0.15, 0.2) is 23.1 Å². The molecule has 90 valence electrons. The number of hydrogen-bond acceptors (Lipinski definition) is 4. The lowest BCUT2D eigenvalue weighted by molar-refractivity contribution is 0.170. The molecule has 4 nitrogen and oxygen atoms in total. The van der Waals surface area contributed by atoms with Crippen LogP contribution in [0.1, 0.15) is 18.1 Å². The fourth-order valence-electron chi connectivity index (χ4n) is 1.35. The van der Waals surface area contributed by atoms with Crippen molar-refractivity contribution in [3.63, 3.8) is 0 Å². The summed E-state index contributed by atoms with van der Waals surface area (Å²) in [5.74, 6) is -0.851. The highest BCUT2D eigenvalue weighted by molar-refractivity contribution is 7.90. The van der Waals surface area contributed by atoms with Crippen molar-refractivity contribution < 1.29 is 17.9 Å². The maximum absolute atomic E-state index is 13.4. The number of aliphatic hydroxyl groups excluding tert-OH is 1. The molecular formula is C10H14FNO3S. The van der Waals surface area contributed by atoms with Gasteiger partial charge < -0.3 is 10.8 Å². The van der Waals surface area contributed by atoms with E-state index < -0.39 is 21.8 Å². The molecule has 0 aliphatic heterocycles. The minimum atomic E-state index is -3.57. The molecule has 0 amide bonds. The third kappa shape index (κ3) is 3.01. The molecule has 0 saturated heterocycles. The maximum Gasteiger partial charge on any atom is 0.178 e. The average Bonchev–Trinajstić information content (AvgIpc) is 2.16. The van der Waals surface area contributed by atoms with Crippen LogP contribution in [-0.4, -0.2) is 26.3 Å². The first kappa shape index (κ1) is 13.1. The minimum absolute atomic E-state index is 0.274. The predicted molar refractivity (Wildman–Crippen MR) is 58.1 cm³/mol. The zero-order chi connectivity index (χ0) is 12.3. The summed E-state index contributed by atoms with van der Waals surface area (Å²) in [7, 11) is -3.57. The van der Waals surface area contributed by atoms with Crippen molar-refractivity contribution in [1.29, 1.82) is 0 Å². The number of sulfone groups is 1. The van der Waals surface area contributed by atoms with Gasteiger partial charge in [0.2, 0.25) is 0 Å². The van der Waals surface area contributed by atoms with E-state index >= 15 is 0 Å². The SMILES string of the molecule is CS(=O)(=O)c1ccc(C(O)CCN)cc1F. The second-order valence-corrected chi connectivity index (χ2v) is 5.54. The molecule has 0 heterocycles. The van der Waals surface area contributed by atoms with Gasteiger partial charge in [-0.1, -0.05) is 6.07 Å². The van der Waals surface area contributed by atoms with E-state index in [1.165, 1.54) is 6.07 Å². The highest BCUT2D eigenvalue weighted by Crippen LogP contribution is 2.21. The van der Waals surface area contributed by atoms with Crippen LogP contribution in [0.2, 0.25) is 0 Å². The minimum Gasteiger partial charge on any atom is -0.388 e. The van der Waals surface area contributed by atoms with Crippen molar-refractivity contribution in [3.8, 4) is 0 Å². The fraction of sp³-hybridized carbons (Fsp3) is 0.400. The number of halogens is 1. The van der Waals surface area contributed by atoms with Gasteiger partial charge in [0.25, 0.3) is 0 Å². The molecule has 0 aromatic heterocycles. The highest BCUT2D eigenvalue weighted by Gasteiger charge is 2.16. The molecular weight excluding hydrogens is 233 g/mol. The summed E-state index contributed by atoms with van der Waals surface area (Å²) in [5.41, 5.74) is 5.58. The van der Waals surface area contributed by atoms with Gasteiger partial charge in [0.1, 0.15) is 10.7 Å². The van der Waals surface area contributed by atoms with Gasteiger partial charge in [-0.3, -0.25) is 0 Å². The third-order valence-electron chi connectivity index (χ3n) is 2.18. The first-order valence-electron chi connectivity index (χ1n) is 4.74. The molecule has 1 aromatic carbocycles. The van der Waals surface area contributed by atoms with Gasteiger partial charge in [0.15, 0.2) is 9.84 Å². The van der Waals surface area contributed by atoms with Crippen LogP contribution in [-0.2, 0) is 9.84 Å². The van der Waals surface area contributed by atoms with E-state index in [0.717, 1.165) is 18.4 Å². The zero-order valence-electron chi connectivity index (χ0n) is 8.85. The van der Waals surface area contributed by atoms with Gasteiger partial charge in [-0.25, -0.2) is 12.8 Å². The molecule has 6 heteroatoms. The first-order chi connectivity index (χ1) is 7.36. The Morgan fingerprint density at radius 2 is 2.12 bits per heavy atom. The van der Waals surface area contributed by atoms with Crippen molar-refractivity contribution in [2.24, 2.45) is 5.73 Å². The van der Waals surface area contributed by atoms with Crippen molar-refractivity contribution in [3.05, 3.63) is 29.6 Å². The summed E-state index contributed by atoms with van der Waals surface area (Å²) < 4.78 is 35.7. The second kappa shape index (κ2) is 4.90. The van der Waals surface area contributed by atoms with Crippen molar-refractivity contribution in [2.75, 3.05) is 12.8 Å². The highest BCUT2D eigenvalue weighted by atomic mass is 32.2. The molecule has 1 atom stereocenters. The van der Waals surface area contributed by atoms with Gasteiger partial charge in [-0.2, -0.15) is 0 Å². The zero-order valence-corrected chi connectivity index (χ0v) is 9.67. The van der Waals surface area contributed by atoms with E-state index in [1.54, 1.807) is 0 Å². The molecule has 0 bridgehead atoms. The van der Waals surface area contributed by atoms with Crippen molar-refractivity contribution in [2.45, 2.75) is 17.4 Å². The van der Waals surface area contributed by atoms with Crippen LogP contribution in [0.25, 0.3) is 0 Å². The van der Waals surface area contributed by atoms with E-state index in [-0.39, 0.29) is 11.4 Å². The molecule has 0 aliphatic carbocycles. The van der Waals surface area contributed by atoms with Crippen LogP contribution in [0.4, 0.5) is 4.39 Å². The molecule has 0 fully saturated rings. The Hall–Kier alpha value is -0.980. The van der Waals surface area contributed by atoms with Crippen LogP contribution in [0.5, 0.6) is 0 Å². The number of aliphatic hydroxyl groups is 1. The molecule has 1 rings (SSSR count). The van der Waals surface area contributed by atoms with E-state index in [1.807, 2.05) is 0 Å². The van der Waals surface area contributed by atoms with E-state index in [4.69, 9.17) is 5.73 Å². The number of nitrogens with two attached hydrogens (primary N) is 1. The van der Waals surface area contributed by atoms with Gasteiger partial charge in [-0.05, 0) is 30.7 Å². The van der Waals surface area contributed by atoms with Gasteiger partial charge in [0, 0.05) is 6.26 Å². The van der Waals surface area contributed by atoms with Gasteiger partial charge in [-0.15, -0.1) is 0 Å². The largest absolute Gasteiger partial charge is 0.388 e. The van der Waals surface area contributed by atoms with Gasteiger partial charge in [0.05, 0.1) is 6.10 Å². The van der Waals surface area contributed by atoms with Crippen molar-refractivity contribution >= 4 is 9.84 Å². The lowest BCUT2D eigenvalue weighted by Crippen LogP contribution is -2.08. The van der Waals surface area contributed by atoms with E-state index in [2.05, 4.69) is 0 Å². The topological polar surface area (TPSA) is 80.4 Å². The predicted octanol–water partition coefficient (Wildman–Crippen LogP) is 0.611. The first-order valence-corrected chi connectivity index (χ1v) is 6.63. The second-order valence-electron chi connectivity index (χ2n) is 3.56. The van der Waals surface area contributed by atoms with Crippen LogP contribution in [0.3, 0.4) is 0 Å².